The van der Waals surface area contributed by atoms with Crippen molar-refractivity contribution in [1.29, 1.82) is 0 Å². The van der Waals surface area contributed by atoms with Crippen LogP contribution in [-0.2, 0) is 6.54 Å². The molecule has 1 aromatic rings. The van der Waals surface area contributed by atoms with E-state index in [-0.39, 0.29) is 0 Å². The Labute approximate surface area is 77.6 Å². The van der Waals surface area contributed by atoms with Gasteiger partial charge in [-0.05, 0) is 24.5 Å². The number of hydrogen-bond donors (Lipinski definition) is 2. The van der Waals surface area contributed by atoms with Gasteiger partial charge in [-0.15, -0.1) is 0 Å². The van der Waals surface area contributed by atoms with E-state index in [1.54, 1.807) is 19.2 Å². The van der Waals surface area contributed by atoms with Crippen LogP contribution in [0.1, 0.15) is 18.2 Å². The maximum Gasteiger partial charge on any atom is 0.113 e. The van der Waals surface area contributed by atoms with Crippen LogP contribution in [0.4, 0.5) is 0 Å². The van der Waals surface area contributed by atoms with E-state index in [0.717, 1.165) is 5.56 Å². The van der Waals surface area contributed by atoms with Crippen LogP contribution >= 0.6 is 0 Å². The van der Waals surface area contributed by atoms with Crippen LogP contribution in [0.5, 0.6) is 0 Å². The van der Waals surface area contributed by atoms with Crippen LogP contribution in [0, 0.1) is 11.8 Å². The Bertz CT molecular complexity index is 319. The fourth-order valence-corrected chi connectivity index (χ4v) is 0.798. The second-order valence-corrected chi connectivity index (χ2v) is 2.70. The normalized spacial score (nSPS) is 11.6. The summed E-state index contributed by atoms with van der Waals surface area (Å²) >= 11 is 0. The van der Waals surface area contributed by atoms with Crippen molar-refractivity contribution >= 4 is 0 Å². The summed E-state index contributed by atoms with van der Waals surface area (Å²) in [5.41, 5.74) is 7.03. The minimum atomic E-state index is -0.615. The molecule has 0 unspecified atom stereocenters. The highest BCUT2D eigenvalue weighted by atomic mass is 16.3. The molecule has 0 aliphatic carbocycles. The highest BCUT2D eigenvalue weighted by Crippen LogP contribution is 1.97. The number of nitrogens with zero attached hydrogens (tertiary/aromatic N) is 1. The smallest absolute Gasteiger partial charge is 0.113 e. The SMILES string of the molecule is C[C@@H](O)C#Cc1ccc(CN)cn1. The number of hydrogen-bond acceptors (Lipinski definition) is 3. The molecule has 0 spiro atoms. The molecule has 0 aliphatic rings. The fraction of sp³-hybridized carbons (Fsp3) is 0.300. The molecule has 0 bridgehead atoms. The molecule has 68 valence electrons. The number of rotatable bonds is 1. The molecular formula is C10H12N2O. The second kappa shape index (κ2) is 4.61. The lowest BCUT2D eigenvalue weighted by atomic mass is 10.2. The summed E-state index contributed by atoms with van der Waals surface area (Å²) in [5, 5.41) is 8.89. The predicted molar refractivity (Wildman–Crippen MR) is 50.7 cm³/mol. The molecule has 3 N–H and O–H groups in total. The van der Waals surface area contributed by atoms with Gasteiger partial charge in [-0.3, -0.25) is 0 Å². The van der Waals surface area contributed by atoms with Crippen molar-refractivity contribution in [2.45, 2.75) is 19.6 Å². The number of aliphatic hydroxyl groups excluding tert-OH is 1. The van der Waals surface area contributed by atoms with E-state index < -0.39 is 6.10 Å². The minimum Gasteiger partial charge on any atom is -0.381 e. The molecule has 1 heterocycles. The van der Waals surface area contributed by atoms with E-state index in [9.17, 15) is 0 Å². The number of pyridine rings is 1. The van der Waals surface area contributed by atoms with E-state index in [4.69, 9.17) is 10.8 Å². The lowest BCUT2D eigenvalue weighted by Crippen LogP contribution is -1.97. The average Bonchev–Trinajstić information content (AvgIpc) is 2.15. The Morgan fingerprint density at radius 3 is 2.85 bits per heavy atom. The van der Waals surface area contributed by atoms with Gasteiger partial charge in [-0.1, -0.05) is 12.0 Å². The topological polar surface area (TPSA) is 59.1 Å². The Morgan fingerprint density at radius 2 is 2.38 bits per heavy atom. The zero-order valence-electron chi connectivity index (χ0n) is 7.49. The Balaban J connectivity index is 2.77. The van der Waals surface area contributed by atoms with Gasteiger partial charge in [0.1, 0.15) is 11.8 Å². The van der Waals surface area contributed by atoms with Crippen molar-refractivity contribution in [2.24, 2.45) is 5.73 Å². The van der Waals surface area contributed by atoms with Gasteiger partial charge in [0.25, 0.3) is 0 Å². The minimum absolute atomic E-state index is 0.483. The van der Waals surface area contributed by atoms with Gasteiger partial charge in [0.2, 0.25) is 0 Å². The third-order valence-electron chi connectivity index (χ3n) is 1.47. The van der Waals surface area contributed by atoms with Gasteiger partial charge in [-0.2, -0.15) is 0 Å². The summed E-state index contributed by atoms with van der Waals surface area (Å²) in [5.74, 6) is 5.35. The molecule has 1 rings (SSSR count). The first kappa shape index (κ1) is 9.72. The summed E-state index contributed by atoms with van der Waals surface area (Å²) in [6.45, 7) is 2.10. The van der Waals surface area contributed by atoms with E-state index in [1.165, 1.54) is 0 Å². The summed E-state index contributed by atoms with van der Waals surface area (Å²) in [6, 6.07) is 3.66. The van der Waals surface area contributed by atoms with Crippen molar-refractivity contribution in [3.63, 3.8) is 0 Å². The van der Waals surface area contributed by atoms with Crippen LogP contribution in [0.15, 0.2) is 18.3 Å². The monoisotopic (exact) mass is 176 g/mol. The van der Waals surface area contributed by atoms with Crippen molar-refractivity contribution in [2.75, 3.05) is 0 Å². The Kier molecular flexibility index (Phi) is 3.44. The molecular weight excluding hydrogens is 164 g/mol. The van der Waals surface area contributed by atoms with E-state index in [0.29, 0.717) is 12.2 Å². The number of aromatic nitrogens is 1. The molecule has 0 radical (unpaired) electrons. The van der Waals surface area contributed by atoms with Gasteiger partial charge >= 0.3 is 0 Å². The van der Waals surface area contributed by atoms with Gasteiger partial charge in [0.15, 0.2) is 0 Å². The number of nitrogens with two attached hydrogens (primary N) is 1. The van der Waals surface area contributed by atoms with Crippen LogP contribution in [-0.4, -0.2) is 16.2 Å². The molecule has 0 fully saturated rings. The summed E-state index contributed by atoms with van der Waals surface area (Å²) < 4.78 is 0. The molecule has 1 atom stereocenters. The van der Waals surface area contributed by atoms with Gasteiger partial charge < -0.3 is 10.8 Å². The van der Waals surface area contributed by atoms with Crippen LogP contribution in [0.3, 0.4) is 0 Å². The standard InChI is InChI=1S/C10H12N2O/c1-8(13)2-4-10-5-3-9(6-11)7-12-10/h3,5,7-8,13H,6,11H2,1H3/t8-/m1/s1. The van der Waals surface area contributed by atoms with Gasteiger partial charge in [0, 0.05) is 12.7 Å². The van der Waals surface area contributed by atoms with Crippen molar-refractivity contribution in [1.82, 2.24) is 4.98 Å². The van der Waals surface area contributed by atoms with Crippen LogP contribution in [0.2, 0.25) is 0 Å². The predicted octanol–water partition coefficient (Wildman–Crippen LogP) is 0.273. The first-order chi connectivity index (χ1) is 6.22. The molecule has 3 heteroatoms. The van der Waals surface area contributed by atoms with E-state index >= 15 is 0 Å². The van der Waals surface area contributed by atoms with E-state index in [1.807, 2.05) is 6.07 Å². The molecule has 0 saturated carbocycles. The zero-order valence-corrected chi connectivity index (χ0v) is 7.49. The summed E-state index contributed by atoms with van der Waals surface area (Å²) in [7, 11) is 0. The molecule has 1 aromatic heterocycles. The third kappa shape index (κ3) is 3.24. The van der Waals surface area contributed by atoms with Crippen molar-refractivity contribution < 1.29 is 5.11 Å². The van der Waals surface area contributed by atoms with Crippen LogP contribution < -0.4 is 5.73 Å². The number of aliphatic hydroxyl groups is 1. The summed E-state index contributed by atoms with van der Waals surface area (Å²) in [4.78, 5) is 4.06. The highest BCUT2D eigenvalue weighted by Gasteiger charge is 1.90. The lowest BCUT2D eigenvalue weighted by molar-refractivity contribution is 0.253. The molecule has 3 nitrogen and oxygen atoms in total. The summed E-state index contributed by atoms with van der Waals surface area (Å²) in [6.07, 6.45) is 1.07. The average molecular weight is 176 g/mol. The van der Waals surface area contributed by atoms with Gasteiger partial charge in [0.05, 0.1) is 0 Å². The third-order valence-corrected chi connectivity index (χ3v) is 1.47. The highest BCUT2D eigenvalue weighted by molar-refractivity contribution is 5.29. The largest absolute Gasteiger partial charge is 0.381 e. The molecule has 0 amide bonds. The first-order valence-corrected chi connectivity index (χ1v) is 4.07. The zero-order chi connectivity index (χ0) is 9.68. The van der Waals surface area contributed by atoms with E-state index in [2.05, 4.69) is 16.8 Å². The maximum absolute atomic E-state index is 8.89. The Morgan fingerprint density at radius 1 is 1.62 bits per heavy atom. The van der Waals surface area contributed by atoms with Crippen molar-refractivity contribution in [3.8, 4) is 11.8 Å². The molecule has 13 heavy (non-hydrogen) atoms. The lowest BCUT2D eigenvalue weighted by Gasteiger charge is -1.94. The molecule has 0 aromatic carbocycles. The fourth-order valence-electron chi connectivity index (χ4n) is 0.798. The van der Waals surface area contributed by atoms with Gasteiger partial charge in [-0.25, -0.2) is 4.98 Å². The quantitative estimate of drug-likeness (QED) is 0.604. The molecule has 0 saturated heterocycles. The Hall–Kier alpha value is -1.37. The molecule has 0 aliphatic heterocycles. The maximum atomic E-state index is 8.89. The first-order valence-electron chi connectivity index (χ1n) is 4.07. The second-order valence-electron chi connectivity index (χ2n) is 2.70. The van der Waals surface area contributed by atoms with Crippen molar-refractivity contribution in [3.05, 3.63) is 29.6 Å². The van der Waals surface area contributed by atoms with Crippen LogP contribution in [0.25, 0.3) is 0 Å².